The zero-order valence-corrected chi connectivity index (χ0v) is 11.5. The van der Waals surface area contributed by atoms with Crippen LogP contribution in [-0.4, -0.2) is 18.1 Å². The molecule has 1 aliphatic heterocycles. The first kappa shape index (κ1) is 12.5. The maximum atomic E-state index is 12.4. The van der Waals surface area contributed by atoms with Gasteiger partial charge in [-0.25, -0.2) is 4.90 Å². The second-order valence-electron chi connectivity index (χ2n) is 4.87. The van der Waals surface area contributed by atoms with Crippen molar-refractivity contribution in [2.24, 2.45) is 11.8 Å². The van der Waals surface area contributed by atoms with Gasteiger partial charge in [0.1, 0.15) is 0 Å². The minimum atomic E-state index is -0.157. The number of carbonyl (C=O) groups is 2. The highest BCUT2D eigenvalue weighted by molar-refractivity contribution is 7.98. The predicted octanol–water partition coefficient (Wildman–Crippen LogP) is 2.86. The van der Waals surface area contributed by atoms with Crippen LogP contribution < -0.4 is 4.90 Å². The maximum Gasteiger partial charge on any atom is 0.238 e. The Hall–Kier alpha value is -1.55. The molecule has 1 aromatic carbocycles. The van der Waals surface area contributed by atoms with Crippen molar-refractivity contribution in [1.82, 2.24) is 0 Å². The van der Waals surface area contributed by atoms with Crippen molar-refractivity contribution in [2.45, 2.75) is 17.7 Å². The van der Waals surface area contributed by atoms with Gasteiger partial charge in [0.05, 0.1) is 17.5 Å². The molecule has 0 bridgehead atoms. The summed E-state index contributed by atoms with van der Waals surface area (Å²) >= 11 is 1.61. The summed E-state index contributed by atoms with van der Waals surface area (Å²) in [4.78, 5) is 27.3. The Balaban J connectivity index is 1.97. The van der Waals surface area contributed by atoms with E-state index in [1.165, 1.54) is 4.90 Å². The Morgan fingerprint density at radius 1 is 1.11 bits per heavy atom. The Morgan fingerprint density at radius 2 is 1.74 bits per heavy atom. The van der Waals surface area contributed by atoms with Gasteiger partial charge in [0.15, 0.2) is 0 Å². The van der Waals surface area contributed by atoms with Crippen molar-refractivity contribution < 1.29 is 9.59 Å². The number of hydrogen-bond acceptors (Lipinski definition) is 3. The Bertz CT molecular complexity index is 541. The summed E-state index contributed by atoms with van der Waals surface area (Å²) < 4.78 is 0. The van der Waals surface area contributed by atoms with Crippen LogP contribution >= 0.6 is 11.8 Å². The smallest absolute Gasteiger partial charge is 0.238 e. The summed E-state index contributed by atoms with van der Waals surface area (Å²) in [6, 6.07) is 7.61. The zero-order chi connectivity index (χ0) is 13.4. The third-order valence-corrected chi connectivity index (χ3v) is 4.54. The Labute approximate surface area is 116 Å². The molecule has 3 rings (SSSR count). The van der Waals surface area contributed by atoms with Gasteiger partial charge in [0, 0.05) is 4.90 Å². The van der Waals surface area contributed by atoms with Gasteiger partial charge >= 0.3 is 0 Å². The van der Waals surface area contributed by atoms with Gasteiger partial charge in [0.2, 0.25) is 11.8 Å². The summed E-state index contributed by atoms with van der Waals surface area (Å²) in [6.07, 6.45) is 7.38. The molecule has 2 atom stereocenters. The first-order chi connectivity index (χ1) is 9.22. The van der Waals surface area contributed by atoms with Gasteiger partial charge < -0.3 is 0 Å². The Morgan fingerprint density at radius 3 is 2.32 bits per heavy atom. The van der Waals surface area contributed by atoms with Crippen LogP contribution in [0.25, 0.3) is 0 Å². The third-order valence-electron chi connectivity index (χ3n) is 3.82. The third kappa shape index (κ3) is 2.00. The molecule has 1 aromatic rings. The number of nitrogens with zero attached hydrogens (tertiary/aromatic N) is 1. The van der Waals surface area contributed by atoms with Crippen molar-refractivity contribution >= 4 is 29.3 Å². The molecule has 1 saturated heterocycles. The SMILES string of the molecule is CSc1cccc(N2C(=O)[C@@H]3CC=CC[C@H]3C2=O)c1. The quantitative estimate of drug-likeness (QED) is 0.472. The van der Waals surface area contributed by atoms with E-state index in [0.717, 1.165) is 4.90 Å². The van der Waals surface area contributed by atoms with Crippen LogP contribution in [0.3, 0.4) is 0 Å². The second kappa shape index (κ2) is 4.85. The molecular weight excluding hydrogens is 258 g/mol. The standard InChI is InChI=1S/C15H15NO2S/c1-19-11-6-4-5-10(9-11)16-14(17)12-7-2-3-8-13(12)15(16)18/h2-6,9,12-13H,7-8H2,1H3/t12-,13-/m1/s1. The molecule has 2 aliphatic rings. The lowest BCUT2D eigenvalue weighted by Crippen LogP contribution is -2.30. The number of allylic oxidation sites excluding steroid dienone is 2. The molecule has 0 spiro atoms. The van der Waals surface area contributed by atoms with E-state index in [0.29, 0.717) is 18.5 Å². The first-order valence-electron chi connectivity index (χ1n) is 6.39. The van der Waals surface area contributed by atoms with E-state index in [4.69, 9.17) is 0 Å². The Kier molecular flexibility index (Phi) is 3.19. The number of carbonyl (C=O) groups excluding carboxylic acids is 2. The fourth-order valence-corrected chi connectivity index (χ4v) is 3.26. The molecule has 1 aliphatic carbocycles. The molecule has 0 aromatic heterocycles. The first-order valence-corrected chi connectivity index (χ1v) is 7.61. The normalized spacial score (nSPS) is 25.8. The number of rotatable bonds is 2. The molecule has 19 heavy (non-hydrogen) atoms. The lowest BCUT2D eigenvalue weighted by molar-refractivity contribution is -0.122. The lowest BCUT2D eigenvalue weighted by Gasteiger charge is -2.15. The van der Waals surface area contributed by atoms with Crippen LogP contribution in [0.4, 0.5) is 5.69 Å². The van der Waals surface area contributed by atoms with Crippen LogP contribution in [0.15, 0.2) is 41.3 Å². The summed E-state index contributed by atoms with van der Waals surface area (Å²) in [6.45, 7) is 0. The van der Waals surface area contributed by atoms with E-state index >= 15 is 0 Å². The molecule has 1 heterocycles. The zero-order valence-electron chi connectivity index (χ0n) is 10.7. The van der Waals surface area contributed by atoms with E-state index < -0.39 is 0 Å². The van der Waals surface area contributed by atoms with E-state index in [2.05, 4.69) is 0 Å². The maximum absolute atomic E-state index is 12.4. The number of amides is 2. The van der Waals surface area contributed by atoms with Crippen LogP contribution in [0.2, 0.25) is 0 Å². The molecule has 0 radical (unpaired) electrons. The number of anilines is 1. The van der Waals surface area contributed by atoms with Crippen molar-refractivity contribution in [3.63, 3.8) is 0 Å². The van der Waals surface area contributed by atoms with Crippen LogP contribution in [-0.2, 0) is 9.59 Å². The number of thioether (sulfide) groups is 1. The lowest BCUT2D eigenvalue weighted by atomic mass is 9.85. The van der Waals surface area contributed by atoms with Crippen molar-refractivity contribution in [2.75, 3.05) is 11.2 Å². The number of hydrogen-bond donors (Lipinski definition) is 0. The minimum Gasteiger partial charge on any atom is -0.274 e. The fourth-order valence-electron chi connectivity index (χ4n) is 2.80. The van der Waals surface area contributed by atoms with Crippen LogP contribution in [0, 0.1) is 11.8 Å². The van der Waals surface area contributed by atoms with E-state index in [1.807, 2.05) is 42.7 Å². The van der Waals surface area contributed by atoms with E-state index in [9.17, 15) is 9.59 Å². The summed E-state index contributed by atoms with van der Waals surface area (Å²) in [5.41, 5.74) is 0.705. The second-order valence-corrected chi connectivity index (χ2v) is 5.75. The molecular formula is C15H15NO2S. The van der Waals surface area contributed by atoms with E-state index in [1.54, 1.807) is 11.8 Å². The van der Waals surface area contributed by atoms with Gasteiger partial charge in [-0.15, -0.1) is 11.8 Å². The molecule has 0 N–H and O–H groups in total. The average Bonchev–Trinajstić information content (AvgIpc) is 2.72. The molecule has 2 amide bonds. The number of imide groups is 1. The molecule has 0 unspecified atom stereocenters. The topological polar surface area (TPSA) is 37.4 Å². The molecule has 3 nitrogen and oxygen atoms in total. The minimum absolute atomic E-state index is 0.0439. The highest BCUT2D eigenvalue weighted by atomic mass is 32.2. The van der Waals surface area contributed by atoms with E-state index in [-0.39, 0.29) is 23.7 Å². The van der Waals surface area contributed by atoms with Crippen molar-refractivity contribution in [3.8, 4) is 0 Å². The fraction of sp³-hybridized carbons (Fsp3) is 0.333. The van der Waals surface area contributed by atoms with Gasteiger partial charge in [-0.05, 0) is 37.3 Å². The summed E-state index contributed by atoms with van der Waals surface area (Å²) in [5, 5.41) is 0. The summed E-state index contributed by atoms with van der Waals surface area (Å²) in [7, 11) is 0. The highest BCUT2D eigenvalue weighted by Gasteiger charge is 2.47. The molecule has 1 fully saturated rings. The molecule has 0 saturated carbocycles. The highest BCUT2D eigenvalue weighted by Crippen LogP contribution is 2.38. The van der Waals surface area contributed by atoms with Crippen molar-refractivity contribution in [3.05, 3.63) is 36.4 Å². The average molecular weight is 273 g/mol. The molecule has 4 heteroatoms. The predicted molar refractivity (Wildman–Crippen MR) is 76.1 cm³/mol. The van der Waals surface area contributed by atoms with Gasteiger partial charge in [-0.2, -0.15) is 0 Å². The van der Waals surface area contributed by atoms with Crippen LogP contribution in [0.5, 0.6) is 0 Å². The van der Waals surface area contributed by atoms with Gasteiger partial charge in [-0.1, -0.05) is 18.2 Å². The monoisotopic (exact) mass is 273 g/mol. The number of benzene rings is 1. The van der Waals surface area contributed by atoms with Crippen LogP contribution in [0.1, 0.15) is 12.8 Å². The van der Waals surface area contributed by atoms with Crippen molar-refractivity contribution in [1.29, 1.82) is 0 Å². The largest absolute Gasteiger partial charge is 0.274 e. The van der Waals surface area contributed by atoms with Gasteiger partial charge in [0.25, 0.3) is 0 Å². The van der Waals surface area contributed by atoms with Gasteiger partial charge in [-0.3, -0.25) is 9.59 Å². The number of fused-ring (bicyclic) bond motifs is 1. The molecule has 98 valence electrons. The summed E-state index contributed by atoms with van der Waals surface area (Å²) in [5.74, 6) is -0.402.